The lowest BCUT2D eigenvalue weighted by Crippen LogP contribution is -2.53. The van der Waals surface area contributed by atoms with Crippen molar-refractivity contribution < 1.29 is 9.53 Å². The van der Waals surface area contributed by atoms with Crippen molar-refractivity contribution in [1.29, 1.82) is 0 Å². The molecule has 2 aliphatic rings. The van der Waals surface area contributed by atoms with E-state index in [9.17, 15) is 4.79 Å². The third-order valence-corrected chi connectivity index (χ3v) is 5.05. The lowest BCUT2D eigenvalue weighted by atomic mass is 9.92. The van der Waals surface area contributed by atoms with Gasteiger partial charge >= 0.3 is 6.03 Å². The summed E-state index contributed by atoms with van der Waals surface area (Å²) in [6.45, 7) is 6.36. The van der Waals surface area contributed by atoms with Crippen LogP contribution in [0.25, 0.3) is 0 Å². The summed E-state index contributed by atoms with van der Waals surface area (Å²) in [4.78, 5) is 14.6. The van der Waals surface area contributed by atoms with E-state index in [4.69, 9.17) is 4.74 Å². The molecule has 1 saturated carbocycles. The number of rotatable bonds is 8. The maximum Gasteiger partial charge on any atom is 0.315 e. The zero-order chi connectivity index (χ0) is 16.3. The number of urea groups is 1. The van der Waals surface area contributed by atoms with E-state index in [1.807, 2.05) is 0 Å². The van der Waals surface area contributed by atoms with Gasteiger partial charge < -0.3 is 15.4 Å². The molecule has 1 heterocycles. The van der Waals surface area contributed by atoms with Gasteiger partial charge in [-0.25, -0.2) is 4.79 Å². The van der Waals surface area contributed by atoms with Crippen molar-refractivity contribution >= 4 is 6.03 Å². The van der Waals surface area contributed by atoms with Gasteiger partial charge in [0.2, 0.25) is 0 Å². The summed E-state index contributed by atoms with van der Waals surface area (Å²) in [5, 5.41) is 6.05. The SMILES string of the molecule is CCCCOCCNC(=O)NC1CCCN(C2CCCCC2)C1. The van der Waals surface area contributed by atoms with Crippen molar-refractivity contribution in [3.05, 3.63) is 0 Å². The number of likely N-dealkylation sites (tertiary alicyclic amines) is 1. The van der Waals surface area contributed by atoms with Crippen molar-refractivity contribution in [1.82, 2.24) is 15.5 Å². The maximum absolute atomic E-state index is 12.0. The second-order valence-corrected chi connectivity index (χ2v) is 6.99. The molecule has 0 aromatic carbocycles. The minimum Gasteiger partial charge on any atom is -0.380 e. The highest BCUT2D eigenvalue weighted by Crippen LogP contribution is 2.25. The number of nitrogens with one attached hydrogen (secondary N) is 2. The molecule has 5 nitrogen and oxygen atoms in total. The first kappa shape index (κ1) is 18.5. The number of nitrogens with zero attached hydrogens (tertiary/aromatic N) is 1. The van der Waals surface area contributed by atoms with Crippen LogP contribution in [0.3, 0.4) is 0 Å². The average Bonchev–Trinajstić information content (AvgIpc) is 2.59. The van der Waals surface area contributed by atoms with Crippen LogP contribution in [0.5, 0.6) is 0 Å². The first-order chi connectivity index (χ1) is 11.3. The maximum atomic E-state index is 12.0. The van der Waals surface area contributed by atoms with Gasteiger partial charge in [0.05, 0.1) is 6.61 Å². The number of carbonyl (C=O) groups excluding carboxylic acids is 1. The number of carbonyl (C=O) groups is 1. The standard InChI is InChI=1S/C18H35N3O2/c1-2-3-13-23-14-11-19-18(22)20-16-8-7-12-21(15-16)17-9-5-4-6-10-17/h16-17H,2-15H2,1H3,(H2,19,20,22). The molecule has 1 saturated heterocycles. The van der Waals surface area contributed by atoms with Crippen molar-refractivity contribution in [2.75, 3.05) is 32.8 Å². The number of unbranched alkanes of at least 4 members (excludes halogenated alkanes) is 1. The summed E-state index contributed by atoms with van der Waals surface area (Å²) in [6, 6.07) is 1.01. The third-order valence-electron chi connectivity index (χ3n) is 5.05. The Kier molecular flexibility index (Phi) is 8.76. The Morgan fingerprint density at radius 3 is 2.74 bits per heavy atom. The largest absolute Gasteiger partial charge is 0.380 e. The Morgan fingerprint density at radius 1 is 1.13 bits per heavy atom. The second kappa shape index (κ2) is 10.9. The Morgan fingerprint density at radius 2 is 1.96 bits per heavy atom. The molecule has 1 unspecified atom stereocenters. The number of amides is 2. The molecule has 0 spiro atoms. The van der Waals surface area contributed by atoms with Crippen LogP contribution in [0, 0.1) is 0 Å². The molecule has 5 heteroatoms. The van der Waals surface area contributed by atoms with Gasteiger partial charge in [0.1, 0.15) is 0 Å². The molecular weight excluding hydrogens is 290 g/mol. The molecule has 0 aromatic heterocycles. The Hall–Kier alpha value is -0.810. The smallest absolute Gasteiger partial charge is 0.315 e. The monoisotopic (exact) mass is 325 g/mol. The van der Waals surface area contributed by atoms with Gasteiger partial charge in [-0.05, 0) is 38.6 Å². The molecule has 1 aliphatic heterocycles. The van der Waals surface area contributed by atoms with E-state index >= 15 is 0 Å². The molecular formula is C18H35N3O2. The average molecular weight is 325 g/mol. The topological polar surface area (TPSA) is 53.6 Å². The van der Waals surface area contributed by atoms with Crippen molar-refractivity contribution in [3.63, 3.8) is 0 Å². The molecule has 2 N–H and O–H groups in total. The van der Waals surface area contributed by atoms with Crippen LogP contribution in [0.4, 0.5) is 4.79 Å². The lowest BCUT2D eigenvalue weighted by molar-refractivity contribution is 0.111. The fourth-order valence-electron chi connectivity index (χ4n) is 3.72. The summed E-state index contributed by atoms with van der Waals surface area (Å²) in [5.41, 5.74) is 0. The molecule has 0 bridgehead atoms. The van der Waals surface area contributed by atoms with E-state index in [2.05, 4.69) is 22.5 Å². The van der Waals surface area contributed by atoms with Crippen LogP contribution in [0.2, 0.25) is 0 Å². The van der Waals surface area contributed by atoms with Gasteiger partial charge in [-0.1, -0.05) is 32.6 Å². The van der Waals surface area contributed by atoms with Crippen LogP contribution in [0.15, 0.2) is 0 Å². The van der Waals surface area contributed by atoms with Crippen LogP contribution in [0.1, 0.15) is 64.7 Å². The van der Waals surface area contributed by atoms with E-state index in [0.717, 1.165) is 38.5 Å². The molecule has 1 atom stereocenters. The summed E-state index contributed by atoms with van der Waals surface area (Å²) < 4.78 is 5.46. The van der Waals surface area contributed by atoms with E-state index < -0.39 is 0 Å². The molecule has 0 aromatic rings. The van der Waals surface area contributed by atoms with Crippen LogP contribution < -0.4 is 10.6 Å². The van der Waals surface area contributed by atoms with Gasteiger partial charge in [-0.15, -0.1) is 0 Å². The Bertz CT molecular complexity index is 332. The van der Waals surface area contributed by atoms with Crippen LogP contribution in [-0.4, -0.2) is 55.9 Å². The highest BCUT2D eigenvalue weighted by atomic mass is 16.5. The van der Waals surface area contributed by atoms with E-state index in [1.165, 1.54) is 45.1 Å². The van der Waals surface area contributed by atoms with Gasteiger partial charge in [0.15, 0.2) is 0 Å². The van der Waals surface area contributed by atoms with E-state index in [0.29, 0.717) is 19.2 Å². The number of piperidine rings is 1. The van der Waals surface area contributed by atoms with Gasteiger partial charge in [0.25, 0.3) is 0 Å². The summed E-state index contributed by atoms with van der Waals surface area (Å²) in [7, 11) is 0. The quantitative estimate of drug-likeness (QED) is 0.675. The first-order valence-corrected chi connectivity index (χ1v) is 9.65. The zero-order valence-electron chi connectivity index (χ0n) is 14.8. The number of hydrogen-bond donors (Lipinski definition) is 2. The molecule has 2 amide bonds. The molecule has 0 radical (unpaired) electrons. The van der Waals surface area contributed by atoms with Gasteiger partial charge in [-0.3, -0.25) is 4.90 Å². The van der Waals surface area contributed by atoms with E-state index in [-0.39, 0.29) is 6.03 Å². The predicted octanol–water partition coefficient (Wildman–Crippen LogP) is 2.90. The van der Waals surface area contributed by atoms with Crippen molar-refractivity contribution in [3.8, 4) is 0 Å². The zero-order valence-corrected chi connectivity index (χ0v) is 14.8. The number of ether oxygens (including phenoxy) is 1. The fourth-order valence-corrected chi connectivity index (χ4v) is 3.72. The summed E-state index contributed by atoms with van der Waals surface area (Å²) in [5.74, 6) is 0. The summed E-state index contributed by atoms with van der Waals surface area (Å²) >= 11 is 0. The normalized spacial score (nSPS) is 23.6. The Labute approximate surface area is 141 Å². The van der Waals surface area contributed by atoms with Crippen molar-refractivity contribution in [2.24, 2.45) is 0 Å². The van der Waals surface area contributed by atoms with E-state index in [1.54, 1.807) is 0 Å². The molecule has 2 rings (SSSR count). The lowest BCUT2D eigenvalue weighted by Gasteiger charge is -2.40. The minimum absolute atomic E-state index is 0.0421. The summed E-state index contributed by atoms with van der Waals surface area (Å²) in [6.07, 6.45) is 11.4. The fraction of sp³-hybridized carbons (Fsp3) is 0.944. The molecule has 134 valence electrons. The van der Waals surface area contributed by atoms with Gasteiger partial charge in [-0.2, -0.15) is 0 Å². The van der Waals surface area contributed by atoms with Crippen molar-refractivity contribution in [2.45, 2.75) is 76.8 Å². The Balaban J connectivity index is 1.59. The third kappa shape index (κ3) is 7.08. The number of hydrogen-bond acceptors (Lipinski definition) is 3. The second-order valence-electron chi connectivity index (χ2n) is 6.99. The predicted molar refractivity (Wildman–Crippen MR) is 93.7 cm³/mol. The minimum atomic E-state index is -0.0421. The van der Waals surface area contributed by atoms with Crippen LogP contribution in [-0.2, 0) is 4.74 Å². The van der Waals surface area contributed by atoms with Gasteiger partial charge in [0, 0.05) is 31.8 Å². The molecule has 23 heavy (non-hydrogen) atoms. The highest BCUT2D eigenvalue weighted by molar-refractivity contribution is 5.74. The highest BCUT2D eigenvalue weighted by Gasteiger charge is 2.27. The molecule has 1 aliphatic carbocycles. The first-order valence-electron chi connectivity index (χ1n) is 9.65. The van der Waals surface area contributed by atoms with Crippen LogP contribution >= 0.6 is 0 Å². The molecule has 2 fully saturated rings.